The molecule has 4 nitrogen and oxygen atoms in total. The summed E-state index contributed by atoms with van der Waals surface area (Å²) < 4.78 is 14.7. The number of carbonyl (C=O) groups is 1. The van der Waals surface area contributed by atoms with E-state index in [0.29, 0.717) is 30.8 Å². The van der Waals surface area contributed by atoms with Crippen LogP contribution in [0.5, 0.6) is 0 Å². The molecule has 122 valence electrons. The summed E-state index contributed by atoms with van der Waals surface area (Å²) in [6.07, 6.45) is 0. The summed E-state index contributed by atoms with van der Waals surface area (Å²) in [5.41, 5.74) is 7.14. The van der Waals surface area contributed by atoms with Crippen molar-refractivity contribution < 1.29 is 14.3 Å². The van der Waals surface area contributed by atoms with Gasteiger partial charge in [-0.3, -0.25) is 9.69 Å². The second-order valence-corrected chi connectivity index (χ2v) is 6.15. The van der Waals surface area contributed by atoms with Gasteiger partial charge in [-0.1, -0.05) is 28.1 Å². The van der Waals surface area contributed by atoms with E-state index in [1.165, 1.54) is 6.07 Å². The maximum absolute atomic E-state index is 13.9. The maximum Gasteiger partial charge on any atom is 0.248 e. The van der Waals surface area contributed by atoms with Crippen LogP contribution in [-0.4, -0.2) is 29.1 Å². The zero-order valence-corrected chi connectivity index (χ0v) is 14.1. The lowest BCUT2D eigenvalue weighted by Gasteiger charge is -2.22. The van der Waals surface area contributed by atoms with Gasteiger partial charge in [0.25, 0.3) is 0 Å². The fraction of sp³-hybridized carbons (Fsp3) is 0.235. The van der Waals surface area contributed by atoms with Crippen molar-refractivity contribution in [3.63, 3.8) is 0 Å². The quantitative estimate of drug-likeness (QED) is 0.775. The summed E-state index contributed by atoms with van der Waals surface area (Å²) in [4.78, 5) is 13.2. The second kappa shape index (κ2) is 8.19. The fourth-order valence-corrected chi connectivity index (χ4v) is 2.75. The van der Waals surface area contributed by atoms with Gasteiger partial charge in [0.05, 0.1) is 6.61 Å². The lowest BCUT2D eigenvalue weighted by atomic mass is 10.1. The van der Waals surface area contributed by atoms with Gasteiger partial charge in [-0.05, 0) is 35.9 Å². The number of nitrogens with two attached hydrogens (primary N) is 1. The van der Waals surface area contributed by atoms with Crippen LogP contribution in [0.15, 0.2) is 46.9 Å². The Morgan fingerprint density at radius 1 is 1.22 bits per heavy atom. The number of amides is 1. The smallest absolute Gasteiger partial charge is 0.248 e. The molecule has 0 aliphatic carbocycles. The zero-order valence-electron chi connectivity index (χ0n) is 12.5. The van der Waals surface area contributed by atoms with Gasteiger partial charge in [-0.25, -0.2) is 4.39 Å². The van der Waals surface area contributed by atoms with E-state index in [1.54, 1.807) is 30.3 Å². The number of benzene rings is 2. The Bertz CT molecular complexity index is 694. The minimum absolute atomic E-state index is 0.0366. The molecule has 3 N–H and O–H groups in total. The first-order chi connectivity index (χ1) is 11.0. The molecular weight excluding hydrogens is 363 g/mol. The third-order valence-electron chi connectivity index (χ3n) is 3.44. The lowest BCUT2D eigenvalue weighted by Crippen LogP contribution is -2.26. The van der Waals surface area contributed by atoms with Crippen molar-refractivity contribution in [1.29, 1.82) is 0 Å². The van der Waals surface area contributed by atoms with Gasteiger partial charge >= 0.3 is 0 Å². The number of halogens is 2. The molecule has 0 aliphatic rings. The highest BCUT2D eigenvalue weighted by atomic mass is 79.9. The van der Waals surface area contributed by atoms with Crippen LogP contribution in [0.25, 0.3) is 0 Å². The number of rotatable bonds is 7. The van der Waals surface area contributed by atoms with Gasteiger partial charge in [0.15, 0.2) is 0 Å². The Morgan fingerprint density at radius 3 is 2.70 bits per heavy atom. The number of primary amides is 1. The molecule has 0 aliphatic heterocycles. The van der Waals surface area contributed by atoms with Gasteiger partial charge in [-0.2, -0.15) is 0 Å². The SMILES string of the molecule is NC(=O)c1cccc(CN(CCO)Cc2cc(Br)ccc2F)c1. The standard InChI is InChI=1S/C17H18BrFN2O2/c18-15-4-5-16(19)14(9-15)11-21(6-7-22)10-12-2-1-3-13(8-12)17(20)23/h1-5,8-9,22H,6-7,10-11H2,(H2,20,23). The van der Waals surface area contributed by atoms with E-state index in [2.05, 4.69) is 15.9 Å². The monoisotopic (exact) mass is 380 g/mol. The number of hydrogen-bond acceptors (Lipinski definition) is 3. The van der Waals surface area contributed by atoms with E-state index in [9.17, 15) is 14.3 Å². The van der Waals surface area contributed by atoms with Crippen LogP contribution in [0, 0.1) is 5.82 Å². The molecule has 0 saturated carbocycles. The molecule has 0 bridgehead atoms. The van der Waals surface area contributed by atoms with Crippen LogP contribution < -0.4 is 5.73 Å². The van der Waals surface area contributed by atoms with E-state index in [-0.39, 0.29) is 12.4 Å². The van der Waals surface area contributed by atoms with E-state index in [1.807, 2.05) is 11.0 Å². The summed E-state index contributed by atoms with van der Waals surface area (Å²) in [5.74, 6) is -0.777. The molecule has 6 heteroatoms. The van der Waals surface area contributed by atoms with E-state index in [0.717, 1.165) is 10.0 Å². The molecule has 2 aromatic rings. The van der Waals surface area contributed by atoms with Crippen LogP contribution in [0.1, 0.15) is 21.5 Å². The van der Waals surface area contributed by atoms with Crippen LogP contribution in [0.2, 0.25) is 0 Å². The van der Waals surface area contributed by atoms with Gasteiger partial charge in [0, 0.05) is 35.2 Å². The maximum atomic E-state index is 13.9. The van der Waals surface area contributed by atoms with Gasteiger partial charge in [0.2, 0.25) is 5.91 Å². The molecule has 2 rings (SSSR count). The predicted octanol–water partition coefficient (Wildman–Crippen LogP) is 2.68. The first-order valence-electron chi connectivity index (χ1n) is 7.15. The second-order valence-electron chi connectivity index (χ2n) is 5.23. The molecular formula is C17H18BrFN2O2. The van der Waals surface area contributed by atoms with E-state index in [4.69, 9.17) is 5.73 Å². The molecule has 23 heavy (non-hydrogen) atoms. The Kier molecular flexibility index (Phi) is 6.27. The van der Waals surface area contributed by atoms with Crippen molar-refractivity contribution in [3.05, 3.63) is 69.4 Å². The molecule has 1 amide bonds. The number of hydrogen-bond donors (Lipinski definition) is 2. The van der Waals surface area contributed by atoms with E-state index < -0.39 is 5.91 Å². The summed E-state index contributed by atoms with van der Waals surface area (Å²) in [7, 11) is 0. The lowest BCUT2D eigenvalue weighted by molar-refractivity contribution is 0.1000. The number of aliphatic hydroxyl groups excluding tert-OH is 1. The van der Waals surface area contributed by atoms with Crippen LogP contribution in [0.3, 0.4) is 0 Å². The third kappa shape index (κ3) is 5.13. The largest absolute Gasteiger partial charge is 0.395 e. The van der Waals surface area contributed by atoms with Gasteiger partial charge < -0.3 is 10.8 Å². The highest BCUT2D eigenvalue weighted by Gasteiger charge is 2.11. The minimum atomic E-state index is -0.487. The molecule has 0 heterocycles. The van der Waals surface area contributed by atoms with Gasteiger partial charge in [-0.15, -0.1) is 0 Å². The molecule has 0 spiro atoms. The zero-order chi connectivity index (χ0) is 16.8. The van der Waals surface area contributed by atoms with Crippen molar-refractivity contribution in [2.45, 2.75) is 13.1 Å². The van der Waals surface area contributed by atoms with Crippen molar-refractivity contribution in [3.8, 4) is 0 Å². The fourth-order valence-electron chi connectivity index (χ4n) is 2.34. The molecule has 0 fully saturated rings. The summed E-state index contributed by atoms with van der Waals surface area (Å²) in [6.45, 7) is 1.19. The van der Waals surface area contributed by atoms with Gasteiger partial charge in [0.1, 0.15) is 5.82 Å². The Morgan fingerprint density at radius 2 is 2.00 bits per heavy atom. The summed E-state index contributed by atoms with van der Waals surface area (Å²) >= 11 is 3.33. The molecule has 0 aromatic heterocycles. The van der Waals surface area contributed by atoms with Crippen LogP contribution >= 0.6 is 15.9 Å². The first-order valence-corrected chi connectivity index (χ1v) is 7.95. The van der Waals surface area contributed by atoms with E-state index >= 15 is 0 Å². The first kappa shape index (κ1) is 17.6. The third-order valence-corrected chi connectivity index (χ3v) is 3.93. The molecule has 0 radical (unpaired) electrons. The Balaban J connectivity index is 2.17. The highest BCUT2D eigenvalue weighted by molar-refractivity contribution is 9.10. The Hall–Kier alpha value is -1.76. The molecule has 0 unspecified atom stereocenters. The summed E-state index contributed by atoms with van der Waals surface area (Å²) in [5, 5.41) is 9.24. The molecule has 0 atom stereocenters. The molecule has 2 aromatic carbocycles. The normalized spacial score (nSPS) is 11.0. The highest BCUT2D eigenvalue weighted by Crippen LogP contribution is 2.18. The van der Waals surface area contributed by atoms with Crippen LogP contribution in [0.4, 0.5) is 4.39 Å². The van der Waals surface area contributed by atoms with Crippen molar-refractivity contribution >= 4 is 21.8 Å². The number of aliphatic hydroxyl groups is 1. The average Bonchev–Trinajstić information content (AvgIpc) is 2.51. The van der Waals surface area contributed by atoms with Crippen molar-refractivity contribution in [1.82, 2.24) is 4.90 Å². The Labute approximate surface area is 142 Å². The van der Waals surface area contributed by atoms with Crippen LogP contribution in [-0.2, 0) is 13.1 Å². The molecule has 0 saturated heterocycles. The topological polar surface area (TPSA) is 66.6 Å². The van der Waals surface area contributed by atoms with Crippen molar-refractivity contribution in [2.24, 2.45) is 5.73 Å². The average molecular weight is 381 g/mol. The van der Waals surface area contributed by atoms with Crippen molar-refractivity contribution in [2.75, 3.05) is 13.2 Å². The number of carbonyl (C=O) groups excluding carboxylic acids is 1. The summed E-state index contributed by atoms with van der Waals surface area (Å²) in [6, 6.07) is 11.8. The number of nitrogens with zero attached hydrogens (tertiary/aromatic N) is 1. The predicted molar refractivity (Wildman–Crippen MR) is 90.3 cm³/mol. The minimum Gasteiger partial charge on any atom is -0.395 e.